The summed E-state index contributed by atoms with van der Waals surface area (Å²) in [6.45, 7) is -1.31. The van der Waals surface area contributed by atoms with Gasteiger partial charge in [0.15, 0.2) is 12.6 Å². The van der Waals surface area contributed by atoms with Gasteiger partial charge in [-0.3, -0.25) is 14.1 Å². The van der Waals surface area contributed by atoms with Gasteiger partial charge in [-0.1, -0.05) is 0 Å². The van der Waals surface area contributed by atoms with Crippen LogP contribution in [0.25, 0.3) is 0 Å². The zero-order valence-electron chi connectivity index (χ0n) is 26.3. The van der Waals surface area contributed by atoms with Crippen LogP contribution in [0.4, 0.5) is 0 Å². The molecule has 3 saturated heterocycles. The predicted molar refractivity (Wildman–Crippen MR) is 152 cm³/mol. The lowest BCUT2D eigenvalue weighted by Crippen LogP contribution is -2.71. The van der Waals surface area contributed by atoms with E-state index in [9.17, 15) is 73.9 Å². The van der Waals surface area contributed by atoms with Gasteiger partial charge in [0.2, 0.25) is 11.8 Å². The first-order chi connectivity index (χ1) is 23.2. The summed E-state index contributed by atoms with van der Waals surface area (Å²) >= 11 is 0. The molecule has 290 valence electrons. The molecule has 3 aliphatic rings. The molecule has 0 radical (unpaired) electrons. The smallest absolute Gasteiger partial charge is 0.397 e. The first-order valence-electron chi connectivity index (χ1n) is 14.9. The van der Waals surface area contributed by atoms with Crippen molar-refractivity contribution in [3.8, 4) is 0 Å². The van der Waals surface area contributed by atoms with Crippen LogP contribution >= 0.6 is 0 Å². The number of carboxylic acid groups (broad SMARTS) is 1. The molecule has 3 heterocycles. The average molecular weight is 755 g/mol. The third kappa shape index (κ3) is 9.77. The maximum absolute atomic E-state index is 12.7. The number of carboxylic acids is 1. The molecule has 0 aromatic rings. The number of hydrogen-bond donors (Lipinski definition) is 13. The number of nitrogens with one attached hydrogen (secondary N) is 2. The Bertz CT molecular complexity index is 1290. The number of ether oxygens (including phenoxy) is 5. The van der Waals surface area contributed by atoms with E-state index in [0.29, 0.717) is 0 Å². The Morgan fingerprint density at radius 1 is 0.900 bits per heavy atom. The van der Waals surface area contributed by atoms with Crippen LogP contribution < -0.4 is 10.6 Å². The molecule has 0 spiro atoms. The summed E-state index contributed by atoms with van der Waals surface area (Å²) in [5.74, 6) is -6.82. The van der Waals surface area contributed by atoms with Crippen molar-refractivity contribution in [3.63, 3.8) is 0 Å². The molecule has 24 nitrogen and oxygen atoms in total. The van der Waals surface area contributed by atoms with Crippen molar-refractivity contribution in [2.24, 2.45) is 0 Å². The molecule has 2 amide bonds. The van der Waals surface area contributed by atoms with Crippen LogP contribution in [0.5, 0.6) is 0 Å². The van der Waals surface area contributed by atoms with Gasteiger partial charge in [0.05, 0.1) is 32.0 Å². The van der Waals surface area contributed by atoms with Gasteiger partial charge in [-0.25, -0.2) is 8.98 Å². The summed E-state index contributed by atoms with van der Waals surface area (Å²) in [6.07, 6.45) is -27.8. The number of amides is 2. The molecule has 0 aromatic heterocycles. The monoisotopic (exact) mass is 754 g/mol. The predicted octanol–water partition coefficient (Wildman–Crippen LogP) is -8.25. The van der Waals surface area contributed by atoms with Gasteiger partial charge in [-0.2, -0.15) is 8.42 Å². The lowest BCUT2D eigenvalue weighted by Gasteiger charge is -2.50. The highest BCUT2D eigenvalue weighted by Gasteiger charge is 2.60. The van der Waals surface area contributed by atoms with Crippen LogP contribution in [0, 0.1) is 0 Å². The van der Waals surface area contributed by atoms with Gasteiger partial charge in [-0.05, 0) is 0 Å². The molecular weight excluding hydrogens is 712 g/mol. The summed E-state index contributed by atoms with van der Waals surface area (Å²) < 4.78 is 63.3. The Balaban J connectivity index is 2.03. The summed E-state index contributed by atoms with van der Waals surface area (Å²) in [5.41, 5.74) is 0. The van der Waals surface area contributed by atoms with Crippen molar-refractivity contribution >= 4 is 28.2 Å². The number of hydrogen-bond acceptors (Lipinski definition) is 20. The van der Waals surface area contributed by atoms with E-state index in [1.54, 1.807) is 0 Å². The fourth-order valence-corrected chi connectivity index (χ4v) is 6.01. The highest BCUT2D eigenvalue weighted by molar-refractivity contribution is 7.80. The van der Waals surface area contributed by atoms with Gasteiger partial charge in [0.1, 0.15) is 67.1 Å². The number of aliphatic carboxylic acids is 1. The van der Waals surface area contributed by atoms with Crippen molar-refractivity contribution in [2.75, 3.05) is 19.8 Å². The quantitative estimate of drug-likeness (QED) is 0.0732. The summed E-state index contributed by atoms with van der Waals surface area (Å²) in [7, 11) is -5.23. The zero-order chi connectivity index (χ0) is 37.9. The van der Waals surface area contributed by atoms with Crippen LogP contribution in [-0.2, 0) is 52.7 Å². The molecule has 16 atom stereocenters. The Morgan fingerprint density at radius 3 is 2.02 bits per heavy atom. The molecule has 0 aromatic carbocycles. The van der Waals surface area contributed by atoms with Crippen molar-refractivity contribution in [1.82, 2.24) is 10.6 Å². The standard InChI is InChI=1S/C25H42N2O22S/c1-7(30)26-13-9(32)3-25(24(39)40,48-20(13)15(34)10(33)4-28)49-21-16(35)12(6-44-50(41,42)43)46-23(18(21)37)47-19-11(5-29)45-22(38)14(17(19)36)27-8(2)31/h9-23,28-29,32-38H,3-6H2,1-2H3,(H,26,30)(H,27,31)(H,39,40)(H,41,42,43)/t9-,10+,11+,12+,13+,14+,15+,16-,17+,18+,19+,20+,21-,22+,23+,25+/m0/s1. The number of rotatable bonds is 14. The second-order valence-corrected chi connectivity index (χ2v) is 12.9. The molecule has 3 fully saturated rings. The van der Waals surface area contributed by atoms with Crippen LogP contribution in [0.2, 0.25) is 0 Å². The Morgan fingerprint density at radius 2 is 1.50 bits per heavy atom. The lowest BCUT2D eigenvalue weighted by atomic mass is 9.88. The van der Waals surface area contributed by atoms with Crippen molar-refractivity contribution in [2.45, 2.75) is 118 Å². The highest BCUT2D eigenvalue weighted by atomic mass is 32.3. The lowest BCUT2D eigenvalue weighted by molar-refractivity contribution is -0.381. The zero-order valence-corrected chi connectivity index (χ0v) is 27.1. The number of aliphatic hydroxyl groups excluding tert-OH is 9. The molecule has 25 heteroatoms. The normalized spacial score (nSPS) is 40.8. The molecule has 0 saturated carbocycles. The Labute approximate surface area is 283 Å². The van der Waals surface area contributed by atoms with E-state index in [2.05, 4.69) is 14.8 Å². The number of carbonyl (C=O) groups is 3. The van der Waals surface area contributed by atoms with Crippen LogP contribution in [0.1, 0.15) is 20.3 Å². The molecular formula is C25H42N2O22S. The number of carbonyl (C=O) groups excluding carboxylic acids is 2. The topological polar surface area (TPSA) is 387 Å². The van der Waals surface area contributed by atoms with Gasteiger partial charge in [-0.15, -0.1) is 0 Å². The van der Waals surface area contributed by atoms with Gasteiger partial charge >= 0.3 is 16.4 Å². The van der Waals surface area contributed by atoms with Crippen LogP contribution in [0.15, 0.2) is 0 Å². The largest absolute Gasteiger partial charge is 0.477 e. The summed E-state index contributed by atoms with van der Waals surface area (Å²) in [6, 6.07) is -3.23. The van der Waals surface area contributed by atoms with Crippen LogP contribution in [0.3, 0.4) is 0 Å². The third-order valence-corrected chi connectivity index (χ3v) is 8.50. The third-order valence-electron chi connectivity index (χ3n) is 8.07. The van der Waals surface area contributed by atoms with Gasteiger partial charge < -0.3 is 85.4 Å². The molecule has 3 aliphatic heterocycles. The second kappa shape index (κ2) is 17.0. The van der Waals surface area contributed by atoms with E-state index < -0.39 is 152 Å². The fraction of sp³-hybridized carbons (Fsp3) is 0.880. The molecule has 13 N–H and O–H groups in total. The molecule has 3 rings (SSSR count). The first-order valence-corrected chi connectivity index (χ1v) is 16.2. The Hall–Kier alpha value is -2.28. The van der Waals surface area contributed by atoms with E-state index in [1.807, 2.05) is 0 Å². The molecule has 0 aliphatic carbocycles. The molecule has 50 heavy (non-hydrogen) atoms. The summed E-state index contributed by atoms with van der Waals surface area (Å²) in [4.78, 5) is 36.2. The van der Waals surface area contributed by atoms with E-state index in [4.69, 9.17) is 28.2 Å². The van der Waals surface area contributed by atoms with Crippen molar-refractivity contribution in [3.05, 3.63) is 0 Å². The maximum Gasteiger partial charge on any atom is 0.397 e. The van der Waals surface area contributed by atoms with E-state index in [-0.39, 0.29) is 0 Å². The number of aliphatic hydroxyl groups is 9. The van der Waals surface area contributed by atoms with Gasteiger partial charge in [0, 0.05) is 20.3 Å². The molecule has 0 bridgehead atoms. The maximum atomic E-state index is 12.7. The highest BCUT2D eigenvalue weighted by Crippen LogP contribution is 2.38. The van der Waals surface area contributed by atoms with Gasteiger partial charge in [0.25, 0.3) is 5.79 Å². The minimum atomic E-state index is -5.23. The summed E-state index contributed by atoms with van der Waals surface area (Å²) in [5, 5.41) is 109. The minimum absolute atomic E-state index is 0.754. The molecule has 0 unspecified atom stereocenters. The van der Waals surface area contributed by atoms with E-state index in [1.165, 1.54) is 0 Å². The van der Waals surface area contributed by atoms with Crippen molar-refractivity contribution < 1.29 is 106 Å². The fourth-order valence-electron chi connectivity index (χ4n) is 5.71. The minimum Gasteiger partial charge on any atom is -0.477 e. The SMILES string of the molecule is CC(=O)N[C@@H]1[C@@H](O)[C@H](O[C@H]2O[C@H](COS(=O)(=O)O)[C@H](O)[C@H](O[C@@]3(C(=O)O)C[C@H](O)[C@@H](NC(C)=O)[C@H]([C@H](O)[C@H](O)CO)O3)[C@H]2O)[C@@H](CO)O[C@H]1O. The van der Waals surface area contributed by atoms with Crippen molar-refractivity contribution in [1.29, 1.82) is 0 Å². The average Bonchev–Trinajstić information content (AvgIpc) is 3.02. The Kier molecular flexibility index (Phi) is 14.4. The second-order valence-electron chi connectivity index (χ2n) is 11.8. The first kappa shape index (κ1) is 42.1. The van der Waals surface area contributed by atoms with Crippen LogP contribution in [-0.4, -0.2) is 199 Å². The van der Waals surface area contributed by atoms with E-state index in [0.717, 1.165) is 13.8 Å². The van der Waals surface area contributed by atoms with E-state index >= 15 is 0 Å².